The van der Waals surface area contributed by atoms with Gasteiger partial charge in [-0.3, -0.25) is 10.2 Å². The van der Waals surface area contributed by atoms with Crippen LogP contribution >= 0.6 is 0 Å². The third-order valence-electron chi connectivity index (χ3n) is 2.82. The number of carbonyl (C=O) groups is 1. The average Bonchev–Trinajstić information content (AvgIpc) is 2.30. The topological polar surface area (TPSA) is 52.6 Å². The van der Waals surface area contributed by atoms with Crippen LogP contribution in [0.2, 0.25) is 0 Å². The number of amides is 1. The van der Waals surface area contributed by atoms with Gasteiger partial charge in [0.2, 0.25) is 0 Å². The van der Waals surface area contributed by atoms with Gasteiger partial charge in [-0.15, -0.1) is 0 Å². The largest absolute Gasteiger partial charge is 0.507 e. The molecule has 1 amide bonds. The maximum atomic E-state index is 12.8. The lowest BCUT2D eigenvalue weighted by molar-refractivity contribution is 0.0747. The molecule has 0 aromatic heterocycles. The predicted octanol–water partition coefficient (Wildman–Crippen LogP) is 1.66. The molecule has 0 saturated carbocycles. The third-order valence-corrected chi connectivity index (χ3v) is 2.82. The number of piperidine rings is 1. The Labute approximate surface area is 99.0 Å². The van der Waals surface area contributed by atoms with Crippen molar-refractivity contribution in [2.45, 2.75) is 19.3 Å². The number of phenolic OH excluding ortho intramolecular Hbond substituents is 1. The Morgan fingerprint density at radius 2 is 2.00 bits per heavy atom. The molecule has 1 heterocycles. The molecule has 0 radical (unpaired) electrons. The summed E-state index contributed by atoms with van der Waals surface area (Å²) in [6, 6.07) is 3.37. The highest BCUT2D eigenvalue weighted by atomic mass is 19.1. The van der Waals surface area contributed by atoms with E-state index < -0.39 is 11.7 Å². The molecule has 1 aliphatic heterocycles. The van der Waals surface area contributed by atoms with Crippen molar-refractivity contribution >= 4 is 5.91 Å². The molecule has 1 fully saturated rings. The molecule has 0 atom stereocenters. The normalized spacial score (nSPS) is 16.8. The van der Waals surface area contributed by atoms with Crippen LogP contribution < -0.4 is 5.43 Å². The number of nitrogens with one attached hydrogen (secondary N) is 1. The first kappa shape index (κ1) is 11.9. The van der Waals surface area contributed by atoms with Gasteiger partial charge in [-0.05, 0) is 25.0 Å². The molecule has 92 valence electrons. The summed E-state index contributed by atoms with van der Waals surface area (Å²) in [7, 11) is 0. The van der Waals surface area contributed by atoms with Gasteiger partial charge in [0.15, 0.2) is 0 Å². The molecule has 2 N–H and O–H groups in total. The van der Waals surface area contributed by atoms with Gasteiger partial charge in [0, 0.05) is 19.2 Å². The number of aromatic hydroxyl groups is 1. The molecule has 1 aromatic carbocycles. The first-order chi connectivity index (χ1) is 8.16. The van der Waals surface area contributed by atoms with Crippen molar-refractivity contribution in [2.75, 3.05) is 13.1 Å². The minimum atomic E-state index is -0.558. The first-order valence-electron chi connectivity index (χ1n) is 5.71. The summed E-state index contributed by atoms with van der Waals surface area (Å²) in [5.74, 6) is -1.29. The van der Waals surface area contributed by atoms with Crippen LogP contribution in [-0.4, -0.2) is 29.1 Å². The lowest BCUT2D eigenvalue weighted by atomic mass is 10.1. The standard InChI is InChI=1S/C12H15FN2O2/c13-9-4-5-10(11(16)8-9)12(17)14-15-6-2-1-3-7-15/h4-5,8,16H,1-3,6-7H2,(H,14,17). The number of phenols is 1. The molecule has 0 spiro atoms. The van der Waals surface area contributed by atoms with E-state index in [-0.39, 0.29) is 11.3 Å². The summed E-state index contributed by atoms with van der Waals surface area (Å²) in [5, 5.41) is 11.3. The maximum Gasteiger partial charge on any atom is 0.269 e. The molecule has 17 heavy (non-hydrogen) atoms. The highest BCUT2D eigenvalue weighted by molar-refractivity contribution is 5.96. The minimum absolute atomic E-state index is 0.0944. The second-order valence-electron chi connectivity index (χ2n) is 4.15. The van der Waals surface area contributed by atoms with E-state index in [2.05, 4.69) is 5.43 Å². The average molecular weight is 238 g/mol. The number of halogens is 1. The number of rotatable bonds is 2. The number of nitrogens with zero attached hydrogens (tertiary/aromatic N) is 1. The predicted molar refractivity (Wildman–Crippen MR) is 61.0 cm³/mol. The van der Waals surface area contributed by atoms with Crippen LogP contribution in [0.1, 0.15) is 29.6 Å². The SMILES string of the molecule is O=C(NN1CCCCC1)c1ccc(F)cc1O. The zero-order valence-corrected chi connectivity index (χ0v) is 9.45. The first-order valence-corrected chi connectivity index (χ1v) is 5.71. The Bertz CT molecular complexity index is 417. The number of hydrogen-bond donors (Lipinski definition) is 2. The van der Waals surface area contributed by atoms with Gasteiger partial charge in [0.05, 0.1) is 5.56 Å². The molecule has 1 aromatic rings. The van der Waals surface area contributed by atoms with E-state index >= 15 is 0 Å². The lowest BCUT2D eigenvalue weighted by Crippen LogP contribution is -2.45. The zero-order valence-electron chi connectivity index (χ0n) is 9.45. The van der Waals surface area contributed by atoms with Crippen LogP contribution in [-0.2, 0) is 0 Å². The van der Waals surface area contributed by atoms with E-state index in [0.29, 0.717) is 0 Å². The lowest BCUT2D eigenvalue weighted by Gasteiger charge is -2.26. The van der Waals surface area contributed by atoms with Crippen molar-refractivity contribution in [3.05, 3.63) is 29.6 Å². The zero-order chi connectivity index (χ0) is 12.3. The molecular formula is C12H15FN2O2. The van der Waals surface area contributed by atoms with Gasteiger partial charge < -0.3 is 5.11 Å². The Morgan fingerprint density at radius 1 is 1.29 bits per heavy atom. The highest BCUT2D eigenvalue weighted by Gasteiger charge is 2.16. The molecule has 1 aliphatic rings. The molecule has 0 bridgehead atoms. The van der Waals surface area contributed by atoms with Crippen molar-refractivity contribution in [3.8, 4) is 5.75 Å². The van der Waals surface area contributed by atoms with Crippen molar-refractivity contribution in [3.63, 3.8) is 0 Å². The smallest absolute Gasteiger partial charge is 0.269 e. The summed E-state index contributed by atoms with van der Waals surface area (Å²) in [4.78, 5) is 11.8. The Morgan fingerprint density at radius 3 is 2.65 bits per heavy atom. The number of benzene rings is 1. The van der Waals surface area contributed by atoms with Crippen LogP contribution in [0.3, 0.4) is 0 Å². The molecule has 2 rings (SSSR count). The van der Waals surface area contributed by atoms with Crippen LogP contribution in [0.4, 0.5) is 4.39 Å². The summed E-state index contributed by atoms with van der Waals surface area (Å²) in [6.45, 7) is 1.63. The van der Waals surface area contributed by atoms with E-state index in [0.717, 1.165) is 38.1 Å². The maximum absolute atomic E-state index is 12.8. The van der Waals surface area contributed by atoms with Gasteiger partial charge in [0.25, 0.3) is 5.91 Å². The Hall–Kier alpha value is -1.62. The quantitative estimate of drug-likeness (QED) is 0.824. The molecular weight excluding hydrogens is 223 g/mol. The van der Waals surface area contributed by atoms with E-state index in [1.165, 1.54) is 12.5 Å². The van der Waals surface area contributed by atoms with Crippen molar-refractivity contribution < 1.29 is 14.3 Å². The van der Waals surface area contributed by atoms with E-state index in [9.17, 15) is 14.3 Å². The second-order valence-corrected chi connectivity index (χ2v) is 4.15. The van der Waals surface area contributed by atoms with Gasteiger partial charge >= 0.3 is 0 Å². The summed E-state index contributed by atoms with van der Waals surface area (Å²) in [6.07, 6.45) is 3.28. The summed E-state index contributed by atoms with van der Waals surface area (Å²) >= 11 is 0. The monoisotopic (exact) mass is 238 g/mol. The van der Waals surface area contributed by atoms with Crippen molar-refractivity contribution in [1.29, 1.82) is 0 Å². The summed E-state index contributed by atoms with van der Waals surface area (Å²) < 4.78 is 12.8. The van der Waals surface area contributed by atoms with Gasteiger partial charge in [0.1, 0.15) is 11.6 Å². The van der Waals surface area contributed by atoms with Crippen LogP contribution in [0.25, 0.3) is 0 Å². The van der Waals surface area contributed by atoms with Crippen LogP contribution in [0.5, 0.6) is 5.75 Å². The number of hydrazine groups is 1. The fourth-order valence-electron chi connectivity index (χ4n) is 1.91. The Kier molecular flexibility index (Phi) is 3.58. The van der Waals surface area contributed by atoms with Crippen LogP contribution in [0.15, 0.2) is 18.2 Å². The molecule has 0 unspecified atom stereocenters. The van der Waals surface area contributed by atoms with Gasteiger partial charge in [-0.2, -0.15) is 0 Å². The molecule has 0 aliphatic carbocycles. The van der Waals surface area contributed by atoms with Crippen molar-refractivity contribution in [1.82, 2.24) is 10.4 Å². The van der Waals surface area contributed by atoms with Gasteiger partial charge in [-0.25, -0.2) is 9.40 Å². The number of carbonyl (C=O) groups excluding carboxylic acids is 1. The van der Waals surface area contributed by atoms with Crippen LogP contribution in [0, 0.1) is 5.82 Å². The van der Waals surface area contributed by atoms with E-state index in [1.54, 1.807) is 0 Å². The fraction of sp³-hybridized carbons (Fsp3) is 0.417. The van der Waals surface area contributed by atoms with Crippen molar-refractivity contribution in [2.24, 2.45) is 0 Å². The summed E-state index contributed by atoms with van der Waals surface area (Å²) in [5.41, 5.74) is 2.80. The van der Waals surface area contributed by atoms with E-state index in [4.69, 9.17) is 0 Å². The van der Waals surface area contributed by atoms with Gasteiger partial charge in [-0.1, -0.05) is 6.42 Å². The minimum Gasteiger partial charge on any atom is -0.507 e. The molecule has 4 nitrogen and oxygen atoms in total. The number of hydrogen-bond acceptors (Lipinski definition) is 3. The Balaban J connectivity index is 2.03. The van der Waals surface area contributed by atoms with E-state index in [1.807, 2.05) is 5.01 Å². The molecule has 1 saturated heterocycles. The second kappa shape index (κ2) is 5.14. The molecule has 5 heteroatoms. The fourth-order valence-corrected chi connectivity index (χ4v) is 1.91. The third kappa shape index (κ3) is 2.94. The highest BCUT2D eigenvalue weighted by Crippen LogP contribution is 2.18.